The van der Waals surface area contributed by atoms with Crippen LogP contribution in [-0.2, 0) is 6.54 Å². The number of piperazine rings is 1. The summed E-state index contributed by atoms with van der Waals surface area (Å²) in [6, 6.07) is 6.15. The summed E-state index contributed by atoms with van der Waals surface area (Å²) >= 11 is 14.5. The summed E-state index contributed by atoms with van der Waals surface area (Å²) < 4.78 is 15.9. The molecule has 3 aromatic rings. The number of aliphatic hydroxyl groups excluding tert-OH is 1. The maximum atomic E-state index is 14.2. The number of hydrogen-bond acceptors (Lipinski definition) is 6. The minimum absolute atomic E-state index is 0.00572. The first-order chi connectivity index (χ1) is 16.3. The second-order valence-corrected chi connectivity index (χ2v) is 10.5. The van der Waals surface area contributed by atoms with Crippen molar-refractivity contribution < 1.29 is 9.50 Å². The maximum Gasteiger partial charge on any atom is 0.350 e. The zero-order valence-electron chi connectivity index (χ0n) is 18.5. The Morgan fingerprint density at radius 1 is 1.26 bits per heavy atom. The fourth-order valence-electron chi connectivity index (χ4n) is 4.82. The number of aliphatic hydroxyl groups is 1. The molecule has 34 heavy (non-hydrogen) atoms. The topological polar surface area (TPSA) is 61.6 Å². The number of aromatic nitrogens is 2. The smallest absolute Gasteiger partial charge is 0.350 e. The largest absolute Gasteiger partial charge is 0.375 e. The number of benzene rings is 2. The first kappa shape index (κ1) is 23.6. The molecule has 0 amide bonds. The zero-order chi connectivity index (χ0) is 24.1. The summed E-state index contributed by atoms with van der Waals surface area (Å²) in [5.41, 5.74) is 1.67. The molecule has 1 fully saturated rings. The van der Waals surface area contributed by atoms with E-state index in [0.29, 0.717) is 53.9 Å². The third-order valence-electron chi connectivity index (χ3n) is 6.38. The Labute approximate surface area is 210 Å². The fraction of sp³-hybridized carbons (Fsp3) is 0.333. The molecule has 2 aromatic carbocycles. The lowest BCUT2D eigenvalue weighted by molar-refractivity contribution is 0.0296. The molecule has 1 unspecified atom stereocenters. The Bertz CT molecular complexity index is 1350. The molecule has 0 radical (unpaired) electrons. The molecular weight excluding hydrogens is 498 g/mol. The van der Waals surface area contributed by atoms with Gasteiger partial charge in [0.2, 0.25) is 0 Å². The van der Waals surface area contributed by atoms with Crippen molar-refractivity contribution in [3.8, 4) is 11.1 Å². The molecule has 3 heterocycles. The van der Waals surface area contributed by atoms with Crippen LogP contribution in [0.2, 0.25) is 10.0 Å². The maximum absolute atomic E-state index is 14.2. The Kier molecular flexibility index (Phi) is 6.37. The normalized spacial score (nSPS) is 19.4. The van der Waals surface area contributed by atoms with Crippen LogP contribution in [0.3, 0.4) is 0 Å². The highest BCUT2D eigenvalue weighted by atomic mass is 35.5. The van der Waals surface area contributed by atoms with Crippen LogP contribution < -0.4 is 10.6 Å². The molecule has 6 nitrogen and oxygen atoms in total. The lowest BCUT2D eigenvalue weighted by Gasteiger charge is -2.42. The van der Waals surface area contributed by atoms with Gasteiger partial charge in [-0.3, -0.25) is 9.47 Å². The minimum Gasteiger partial charge on any atom is -0.375 e. The molecule has 1 saturated heterocycles. The molecule has 1 aromatic heterocycles. The van der Waals surface area contributed by atoms with E-state index >= 15 is 0 Å². The second kappa shape index (κ2) is 9.17. The van der Waals surface area contributed by atoms with Crippen LogP contribution in [-0.4, -0.2) is 57.2 Å². The molecule has 178 valence electrons. The highest BCUT2D eigenvalue weighted by molar-refractivity contribution is 7.99. The van der Waals surface area contributed by atoms with Crippen molar-refractivity contribution in [2.24, 2.45) is 0 Å². The predicted octanol–water partition coefficient (Wildman–Crippen LogP) is 4.63. The number of hydrogen-bond donors (Lipinski definition) is 1. The van der Waals surface area contributed by atoms with E-state index in [4.69, 9.17) is 23.2 Å². The second-order valence-electron chi connectivity index (χ2n) is 8.52. The van der Waals surface area contributed by atoms with Crippen LogP contribution in [0.4, 0.5) is 10.2 Å². The van der Waals surface area contributed by atoms with Gasteiger partial charge >= 0.3 is 5.69 Å². The third kappa shape index (κ3) is 4.01. The molecule has 2 aliphatic heterocycles. The van der Waals surface area contributed by atoms with E-state index in [1.807, 2.05) is 17.9 Å². The Morgan fingerprint density at radius 3 is 2.76 bits per heavy atom. The molecular formula is C24H23Cl2FN4O2S. The molecule has 5 rings (SSSR count). The lowest BCUT2D eigenvalue weighted by Crippen LogP contribution is -2.55. The summed E-state index contributed by atoms with van der Waals surface area (Å²) in [6.07, 6.45) is 0.790. The molecule has 0 bridgehead atoms. The van der Waals surface area contributed by atoms with Crippen LogP contribution in [0.5, 0.6) is 0 Å². The first-order valence-corrected chi connectivity index (χ1v) is 12.7. The lowest BCUT2D eigenvalue weighted by atomic mass is 10.0. The highest BCUT2D eigenvalue weighted by Crippen LogP contribution is 2.46. The molecule has 0 saturated carbocycles. The summed E-state index contributed by atoms with van der Waals surface area (Å²) in [7, 11) is 0. The van der Waals surface area contributed by atoms with Gasteiger partial charge in [0.1, 0.15) is 17.9 Å². The van der Waals surface area contributed by atoms with Crippen LogP contribution >= 0.6 is 35.0 Å². The van der Waals surface area contributed by atoms with Crippen molar-refractivity contribution in [3.63, 3.8) is 0 Å². The number of halogens is 3. The van der Waals surface area contributed by atoms with Gasteiger partial charge in [0.25, 0.3) is 0 Å². The molecule has 1 N–H and O–H groups in total. The van der Waals surface area contributed by atoms with E-state index in [1.54, 1.807) is 22.4 Å². The molecule has 10 heteroatoms. The van der Waals surface area contributed by atoms with Crippen LogP contribution in [0.1, 0.15) is 6.92 Å². The minimum atomic E-state index is -0.717. The average Bonchev–Trinajstić information content (AvgIpc) is 2.80. The fourth-order valence-corrected chi connectivity index (χ4v) is 6.62. The Hall–Kier alpha value is -2.10. The number of anilines is 1. The predicted molar refractivity (Wildman–Crippen MR) is 137 cm³/mol. The van der Waals surface area contributed by atoms with Crippen molar-refractivity contribution in [2.45, 2.75) is 30.6 Å². The van der Waals surface area contributed by atoms with E-state index in [9.17, 15) is 14.3 Å². The quantitative estimate of drug-likeness (QED) is 0.506. The number of thioether (sulfide) groups is 1. The van der Waals surface area contributed by atoms with Crippen LogP contribution in [0.15, 0.2) is 46.6 Å². The van der Waals surface area contributed by atoms with Crippen molar-refractivity contribution in [3.05, 3.63) is 63.3 Å². The van der Waals surface area contributed by atoms with Gasteiger partial charge in [-0.15, -0.1) is 11.8 Å². The average molecular weight is 521 g/mol. The standard InChI is InChI=1S/C24H23Cl2FN4O2S/c1-3-19(32)29-4-5-30(13(2)12-29)23-17-11-18(26)20(14-8-15(25)10-16(27)9-14)22-21(17)31(6-7-34-22)24(33)28-23/h3,8-11,13,19,32H,1,4-7,12H2,2H3/t13-,19?/m0/s1. The van der Waals surface area contributed by atoms with Crippen molar-refractivity contribution in [1.29, 1.82) is 0 Å². The summed E-state index contributed by atoms with van der Waals surface area (Å²) in [6.45, 7) is 8.00. The van der Waals surface area contributed by atoms with Gasteiger partial charge in [-0.05, 0) is 42.8 Å². The van der Waals surface area contributed by atoms with E-state index in [-0.39, 0.29) is 16.8 Å². The van der Waals surface area contributed by atoms with E-state index in [1.165, 1.54) is 18.2 Å². The van der Waals surface area contributed by atoms with Crippen LogP contribution in [0, 0.1) is 5.82 Å². The van der Waals surface area contributed by atoms with Gasteiger partial charge in [0.05, 0.1) is 10.5 Å². The van der Waals surface area contributed by atoms with E-state index in [2.05, 4.69) is 16.5 Å². The zero-order valence-corrected chi connectivity index (χ0v) is 20.8. The Balaban J connectivity index is 1.70. The van der Waals surface area contributed by atoms with Gasteiger partial charge in [0, 0.05) is 58.8 Å². The van der Waals surface area contributed by atoms with E-state index < -0.39 is 12.0 Å². The van der Waals surface area contributed by atoms with Gasteiger partial charge in [0.15, 0.2) is 0 Å². The van der Waals surface area contributed by atoms with Crippen molar-refractivity contribution in [2.75, 3.05) is 30.3 Å². The SMILES string of the molecule is C=CC(O)N1CCN(c2nc(=O)n3c4c(c(-c5cc(F)cc(Cl)c5)c(Cl)cc24)SCC3)[C@@H](C)C1. The number of rotatable bonds is 4. The van der Waals surface area contributed by atoms with Crippen molar-refractivity contribution >= 4 is 51.7 Å². The summed E-state index contributed by atoms with van der Waals surface area (Å²) in [5, 5.41) is 11.7. The molecule has 2 atom stereocenters. The van der Waals surface area contributed by atoms with Gasteiger partial charge in [-0.2, -0.15) is 4.98 Å². The number of nitrogens with zero attached hydrogens (tertiary/aromatic N) is 4. The summed E-state index contributed by atoms with van der Waals surface area (Å²) in [4.78, 5) is 22.4. The third-order valence-corrected chi connectivity index (χ3v) is 7.97. The van der Waals surface area contributed by atoms with E-state index in [0.717, 1.165) is 15.8 Å². The van der Waals surface area contributed by atoms with Gasteiger partial charge in [-0.25, -0.2) is 9.18 Å². The molecule has 2 aliphatic rings. The highest BCUT2D eigenvalue weighted by Gasteiger charge is 2.31. The molecule has 0 aliphatic carbocycles. The first-order valence-electron chi connectivity index (χ1n) is 11.0. The monoisotopic (exact) mass is 520 g/mol. The Morgan fingerprint density at radius 2 is 2.06 bits per heavy atom. The van der Waals surface area contributed by atoms with Crippen molar-refractivity contribution in [1.82, 2.24) is 14.5 Å². The van der Waals surface area contributed by atoms with Gasteiger partial charge < -0.3 is 10.0 Å². The summed E-state index contributed by atoms with van der Waals surface area (Å²) in [5.74, 6) is 0.798. The van der Waals surface area contributed by atoms with Crippen LogP contribution in [0.25, 0.3) is 22.0 Å². The van der Waals surface area contributed by atoms with Gasteiger partial charge in [-0.1, -0.05) is 29.8 Å². The number of aryl methyl sites for hydroxylation is 1. The molecule has 0 spiro atoms.